The number of carbonyl (C=O) groups is 1. The molecule has 0 fully saturated rings. The number of rotatable bonds is 21. The first-order chi connectivity index (χ1) is 13.3. The van der Waals surface area contributed by atoms with E-state index in [1.807, 2.05) is 0 Å². The quantitative estimate of drug-likeness (QED) is 0.0915. The van der Waals surface area contributed by atoms with Crippen molar-refractivity contribution in [1.82, 2.24) is 0 Å². The van der Waals surface area contributed by atoms with Crippen molar-refractivity contribution in [3.05, 3.63) is 12.2 Å². The molecule has 2 nitrogen and oxygen atoms in total. The van der Waals surface area contributed by atoms with Gasteiger partial charge in [-0.25, -0.2) is 0 Å². The highest BCUT2D eigenvalue weighted by Gasteiger charge is 2.01. The largest absolute Gasteiger partial charge is 0.465 e. The highest BCUT2D eigenvalue weighted by molar-refractivity contribution is 7.80. The third-order valence-corrected chi connectivity index (χ3v) is 5.18. The van der Waals surface area contributed by atoms with E-state index in [-0.39, 0.29) is 5.97 Å². The number of unbranched alkanes of at least 4 members (excludes halogenated alkanes) is 15. The SMILES string of the molecule is CCCCCCC/C=C/CCCCCCCCCCCCC(=O)OCCS. The Kier molecular flexibility index (Phi) is 23.2. The van der Waals surface area contributed by atoms with E-state index < -0.39 is 0 Å². The molecule has 0 heterocycles. The lowest BCUT2D eigenvalue weighted by atomic mass is 10.0. The maximum atomic E-state index is 11.3. The van der Waals surface area contributed by atoms with Gasteiger partial charge in [-0.05, 0) is 32.1 Å². The number of carbonyl (C=O) groups excluding carboxylic acids is 1. The van der Waals surface area contributed by atoms with Crippen molar-refractivity contribution in [1.29, 1.82) is 0 Å². The van der Waals surface area contributed by atoms with Crippen molar-refractivity contribution in [2.24, 2.45) is 0 Å². The van der Waals surface area contributed by atoms with Crippen molar-refractivity contribution < 1.29 is 9.53 Å². The molecule has 0 bridgehead atoms. The molecule has 0 saturated heterocycles. The summed E-state index contributed by atoms with van der Waals surface area (Å²) in [5.41, 5.74) is 0. The minimum atomic E-state index is -0.0640. The maximum absolute atomic E-state index is 11.3. The average Bonchev–Trinajstić information content (AvgIpc) is 2.68. The standard InChI is InChI=1S/C24H46O2S/c1-2-3-4-5-6-7-8-9-10-11-12-13-14-15-16-17-18-19-20-21-24(25)26-22-23-27/h8-9,27H,2-7,10-23H2,1H3/b9-8+. The van der Waals surface area contributed by atoms with Gasteiger partial charge in [0, 0.05) is 12.2 Å². The number of ether oxygens (including phenoxy) is 1. The van der Waals surface area contributed by atoms with Crippen LogP contribution in [0.2, 0.25) is 0 Å². The maximum Gasteiger partial charge on any atom is 0.305 e. The predicted molar refractivity (Wildman–Crippen MR) is 123 cm³/mol. The lowest BCUT2D eigenvalue weighted by Gasteiger charge is -2.03. The first-order valence-corrected chi connectivity index (χ1v) is 12.4. The Labute approximate surface area is 175 Å². The molecule has 0 spiro atoms. The molecule has 0 aliphatic carbocycles. The molecular weight excluding hydrogens is 352 g/mol. The number of hydrogen-bond acceptors (Lipinski definition) is 3. The molecule has 0 aromatic carbocycles. The average molecular weight is 399 g/mol. The van der Waals surface area contributed by atoms with Crippen molar-refractivity contribution in [3.8, 4) is 0 Å². The van der Waals surface area contributed by atoms with Gasteiger partial charge in [0.2, 0.25) is 0 Å². The number of thiol groups is 1. The summed E-state index contributed by atoms with van der Waals surface area (Å²) in [6.07, 6.45) is 27.8. The van der Waals surface area contributed by atoms with Crippen LogP contribution in [0, 0.1) is 0 Å². The lowest BCUT2D eigenvalue weighted by molar-refractivity contribution is -0.143. The van der Waals surface area contributed by atoms with Crippen LogP contribution in [0.25, 0.3) is 0 Å². The van der Waals surface area contributed by atoms with Crippen LogP contribution >= 0.6 is 12.6 Å². The molecule has 27 heavy (non-hydrogen) atoms. The van der Waals surface area contributed by atoms with Crippen molar-refractivity contribution in [2.75, 3.05) is 12.4 Å². The zero-order valence-electron chi connectivity index (χ0n) is 18.1. The Balaban J connectivity index is 3.11. The van der Waals surface area contributed by atoms with Crippen LogP contribution in [0.1, 0.15) is 122 Å². The van der Waals surface area contributed by atoms with Crippen LogP contribution in [-0.2, 0) is 9.53 Å². The van der Waals surface area contributed by atoms with Crippen molar-refractivity contribution in [3.63, 3.8) is 0 Å². The summed E-state index contributed by atoms with van der Waals surface area (Å²) in [6, 6.07) is 0. The van der Waals surface area contributed by atoms with E-state index in [1.54, 1.807) is 0 Å². The molecule has 0 unspecified atom stereocenters. The van der Waals surface area contributed by atoms with Crippen LogP contribution in [0.15, 0.2) is 12.2 Å². The van der Waals surface area contributed by atoms with Gasteiger partial charge in [-0.2, -0.15) is 12.6 Å². The van der Waals surface area contributed by atoms with Crippen LogP contribution < -0.4 is 0 Å². The minimum Gasteiger partial charge on any atom is -0.465 e. The zero-order valence-corrected chi connectivity index (χ0v) is 19.0. The number of esters is 1. The highest BCUT2D eigenvalue weighted by atomic mass is 32.1. The first kappa shape index (κ1) is 26.6. The van der Waals surface area contributed by atoms with Crippen LogP contribution in [-0.4, -0.2) is 18.3 Å². The summed E-state index contributed by atoms with van der Waals surface area (Å²) in [7, 11) is 0. The van der Waals surface area contributed by atoms with E-state index in [2.05, 4.69) is 31.7 Å². The Hall–Kier alpha value is -0.440. The van der Waals surface area contributed by atoms with Gasteiger partial charge < -0.3 is 4.74 Å². The minimum absolute atomic E-state index is 0.0640. The van der Waals surface area contributed by atoms with Gasteiger partial charge in [-0.3, -0.25) is 4.79 Å². The highest BCUT2D eigenvalue weighted by Crippen LogP contribution is 2.12. The molecule has 0 rings (SSSR count). The van der Waals surface area contributed by atoms with Gasteiger partial charge in [0.1, 0.15) is 6.61 Å². The molecule has 0 N–H and O–H groups in total. The van der Waals surface area contributed by atoms with Crippen LogP contribution in [0.5, 0.6) is 0 Å². The van der Waals surface area contributed by atoms with E-state index in [1.165, 1.54) is 96.3 Å². The van der Waals surface area contributed by atoms with Gasteiger partial charge >= 0.3 is 5.97 Å². The molecule has 3 heteroatoms. The Bertz CT molecular complexity index is 328. The monoisotopic (exact) mass is 398 g/mol. The van der Waals surface area contributed by atoms with Gasteiger partial charge in [0.15, 0.2) is 0 Å². The van der Waals surface area contributed by atoms with E-state index in [9.17, 15) is 4.79 Å². The molecule has 0 aliphatic heterocycles. The normalized spacial score (nSPS) is 11.3. The smallest absolute Gasteiger partial charge is 0.305 e. The molecule has 0 amide bonds. The summed E-state index contributed by atoms with van der Waals surface area (Å²) in [6.45, 7) is 2.72. The third-order valence-electron chi connectivity index (χ3n) is 5.00. The zero-order chi connectivity index (χ0) is 19.8. The summed E-state index contributed by atoms with van der Waals surface area (Å²) < 4.78 is 5.01. The summed E-state index contributed by atoms with van der Waals surface area (Å²) in [5, 5.41) is 0. The third kappa shape index (κ3) is 23.5. The molecule has 0 aliphatic rings. The van der Waals surface area contributed by atoms with Gasteiger partial charge in [0.25, 0.3) is 0 Å². The molecule has 0 saturated carbocycles. The fourth-order valence-electron chi connectivity index (χ4n) is 3.28. The fraction of sp³-hybridized carbons (Fsp3) is 0.875. The van der Waals surface area contributed by atoms with E-state index in [0.29, 0.717) is 18.8 Å². The van der Waals surface area contributed by atoms with E-state index >= 15 is 0 Å². The van der Waals surface area contributed by atoms with Gasteiger partial charge in [-0.1, -0.05) is 96.1 Å². The van der Waals surface area contributed by atoms with Gasteiger partial charge in [-0.15, -0.1) is 0 Å². The lowest BCUT2D eigenvalue weighted by Crippen LogP contribution is -2.06. The first-order valence-electron chi connectivity index (χ1n) is 11.7. The second kappa shape index (κ2) is 23.6. The van der Waals surface area contributed by atoms with Crippen LogP contribution in [0.4, 0.5) is 0 Å². The molecule has 0 radical (unpaired) electrons. The molecular formula is C24H46O2S. The Morgan fingerprint density at radius 2 is 1.15 bits per heavy atom. The van der Waals surface area contributed by atoms with Crippen molar-refractivity contribution in [2.45, 2.75) is 122 Å². The fourth-order valence-corrected chi connectivity index (χ4v) is 3.37. The second-order valence-electron chi connectivity index (χ2n) is 7.69. The predicted octanol–water partition coefficient (Wildman–Crippen LogP) is 8.06. The van der Waals surface area contributed by atoms with Crippen molar-refractivity contribution >= 4 is 18.6 Å². The topological polar surface area (TPSA) is 26.3 Å². The van der Waals surface area contributed by atoms with Gasteiger partial charge in [0.05, 0.1) is 0 Å². The molecule has 0 aromatic heterocycles. The summed E-state index contributed by atoms with van der Waals surface area (Å²) >= 11 is 4.03. The van der Waals surface area contributed by atoms with E-state index in [4.69, 9.17) is 4.74 Å². The number of allylic oxidation sites excluding steroid dienone is 2. The van der Waals surface area contributed by atoms with E-state index in [0.717, 1.165) is 12.8 Å². The Morgan fingerprint density at radius 3 is 1.63 bits per heavy atom. The second-order valence-corrected chi connectivity index (χ2v) is 8.14. The Morgan fingerprint density at radius 1 is 0.704 bits per heavy atom. The summed E-state index contributed by atoms with van der Waals surface area (Å²) in [4.78, 5) is 11.3. The molecule has 160 valence electrons. The van der Waals surface area contributed by atoms with Crippen LogP contribution in [0.3, 0.4) is 0 Å². The molecule has 0 atom stereocenters. The summed E-state index contributed by atoms with van der Waals surface area (Å²) in [5.74, 6) is 0.549. The molecule has 0 aromatic rings. The number of hydrogen-bond donors (Lipinski definition) is 1.